The number of nitrogens with zero attached hydrogens (tertiary/aromatic N) is 2. The van der Waals surface area contributed by atoms with E-state index in [1.165, 1.54) is 42.7 Å². The Labute approximate surface area is 186 Å². The molecule has 10 heteroatoms. The summed E-state index contributed by atoms with van der Waals surface area (Å²) in [5.74, 6) is 0. The van der Waals surface area contributed by atoms with Crippen molar-refractivity contribution in [1.82, 2.24) is 9.97 Å². The van der Waals surface area contributed by atoms with Gasteiger partial charge in [0.1, 0.15) is 11.2 Å². The Morgan fingerprint density at radius 3 is 1.69 bits per heavy atom. The van der Waals surface area contributed by atoms with Crippen LogP contribution in [-0.4, -0.2) is 26.8 Å². The van der Waals surface area contributed by atoms with Crippen molar-refractivity contribution in [2.75, 3.05) is 9.44 Å². The molecule has 0 bridgehead atoms. The zero-order valence-electron chi connectivity index (χ0n) is 17.3. The molecule has 0 spiro atoms. The highest BCUT2D eigenvalue weighted by atomic mass is 32.2. The Kier molecular flexibility index (Phi) is 5.57. The molecule has 0 unspecified atom stereocenters. The van der Waals surface area contributed by atoms with Crippen LogP contribution in [0.2, 0.25) is 0 Å². The van der Waals surface area contributed by atoms with E-state index in [-0.39, 0.29) is 26.7 Å². The topological polar surface area (TPSA) is 118 Å². The number of aryl methyl sites for hydroxylation is 2. The molecule has 1 aromatic heterocycles. The van der Waals surface area contributed by atoms with Gasteiger partial charge >= 0.3 is 0 Å². The highest BCUT2D eigenvalue weighted by molar-refractivity contribution is 7.93. The molecular formula is C22H20N4O4S2. The minimum Gasteiger partial charge on any atom is -0.277 e. The number of sulfonamides is 2. The SMILES string of the molecule is Cc1ccc(S(=O)(=O)Nc2ccc3nccnc3c2NS(=O)(=O)c2ccc(C)cc2)cc1. The Morgan fingerprint density at radius 1 is 0.625 bits per heavy atom. The molecule has 0 aliphatic heterocycles. The third kappa shape index (κ3) is 4.41. The van der Waals surface area contributed by atoms with Crippen LogP contribution in [0, 0.1) is 13.8 Å². The first-order valence-electron chi connectivity index (χ1n) is 9.58. The molecule has 0 fully saturated rings. The van der Waals surface area contributed by atoms with Crippen molar-refractivity contribution in [3.05, 3.63) is 84.2 Å². The Morgan fingerprint density at radius 2 is 1.12 bits per heavy atom. The molecule has 8 nitrogen and oxygen atoms in total. The summed E-state index contributed by atoms with van der Waals surface area (Å²) in [5, 5.41) is 0. The van der Waals surface area contributed by atoms with Crippen LogP contribution in [0.25, 0.3) is 11.0 Å². The number of fused-ring (bicyclic) bond motifs is 1. The predicted octanol–water partition coefficient (Wildman–Crippen LogP) is 3.85. The predicted molar refractivity (Wildman–Crippen MR) is 124 cm³/mol. The van der Waals surface area contributed by atoms with E-state index in [0.717, 1.165) is 11.1 Å². The highest BCUT2D eigenvalue weighted by Gasteiger charge is 2.22. The molecule has 164 valence electrons. The monoisotopic (exact) mass is 468 g/mol. The summed E-state index contributed by atoms with van der Waals surface area (Å²) in [7, 11) is -8.00. The summed E-state index contributed by atoms with van der Waals surface area (Å²) >= 11 is 0. The van der Waals surface area contributed by atoms with E-state index in [0.29, 0.717) is 5.52 Å². The highest BCUT2D eigenvalue weighted by Crippen LogP contribution is 2.33. The second kappa shape index (κ2) is 8.21. The lowest BCUT2D eigenvalue weighted by atomic mass is 10.2. The summed E-state index contributed by atoms with van der Waals surface area (Å²) in [4.78, 5) is 8.50. The van der Waals surface area contributed by atoms with Crippen LogP contribution in [0.15, 0.2) is 82.8 Å². The molecule has 0 aliphatic carbocycles. The van der Waals surface area contributed by atoms with Gasteiger partial charge in [0.2, 0.25) is 0 Å². The van der Waals surface area contributed by atoms with Crippen LogP contribution >= 0.6 is 0 Å². The largest absolute Gasteiger partial charge is 0.277 e. The van der Waals surface area contributed by atoms with Gasteiger partial charge in [0.25, 0.3) is 20.0 Å². The third-order valence-electron chi connectivity index (χ3n) is 4.78. The van der Waals surface area contributed by atoms with Gasteiger partial charge in [-0.25, -0.2) is 16.8 Å². The maximum absolute atomic E-state index is 13.0. The minimum atomic E-state index is -4.02. The number of hydrogen-bond acceptors (Lipinski definition) is 6. The van der Waals surface area contributed by atoms with E-state index in [4.69, 9.17) is 0 Å². The van der Waals surface area contributed by atoms with Crippen molar-refractivity contribution < 1.29 is 16.8 Å². The molecule has 1 heterocycles. The lowest BCUT2D eigenvalue weighted by molar-refractivity contribution is 0.599. The standard InChI is InChI=1S/C22H20N4O4S2/c1-15-3-7-17(8-4-15)31(27,28)25-20-12-11-19-21(24-14-13-23-19)22(20)26-32(29,30)18-9-5-16(2)6-10-18/h3-14,25-26H,1-2H3. The fraction of sp³-hybridized carbons (Fsp3) is 0.0909. The molecule has 0 atom stereocenters. The van der Waals surface area contributed by atoms with Crippen molar-refractivity contribution in [3.63, 3.8) is 0 Å². The molecule has 3 aromatic carbocycles. The summed E-state index contributed by atoms with van der Waals surface area (Å²) in [6, 6.07) is 15.7. The van der Waals surface area contributed by atoms with Gasteiger partial charge in [-0.05, 0) is 50.2 Å². The summed E-state index contributed by atoms with van der Waals surface area (Å²) < 4.78 is 57.0. The van der Waals surface area contributed by atoms with Gasteiger partial charge in [-0.2, -0.15) is 0 Å². The quantitative estimate of drug-likeness (QED) is 0.444. The van der Waals surface area contributed by atoms with Crippen LogP contribution in [0.4, 0.5) is 11.4 Å². The van der Waals surface area contributed by atoms with Gasteiger partial charge in [0.15, 0.2) is 0 Å². The van der Waals surface area contributed by atoms with E-state index in [2.05, 4.69) is 19.4 Å². The van der Waals surface area contributed by atoms with Gasteiger partial charge in [0.05, 0.1) is 21.0 Å². The van der Waals surface area contributed by atoms with Gasteiger partial charge in [0, 0.05) is 12.4 Å². The summed E-state index contributed by atoms with van der Waals surface area (Å²) in [5.41, 5.74) is 2.48. The molecule has 0 amide bonds. The van der Waals surface area contributed by atoms with Crippen LogP contribution in [0.5, 0.6) is 0 Å². The van der Waals surface area contributed by atoms with E-state index < -0.39 is 20.0 Å². The second-order valence-corrected chi connectivity index (χ2v) is 10.6. The zero-order valence-corrected chi connectivity index (χ0v) is 18.9. The second-order valence-electron chi connectivity index (χ2n) is 7.25. The van der Waals surface area contributed by atoms with E-state index >= 15 is 0 Å². The molecule has 0 aliphatic rings. The maximum atomic E-state index is 13.0. The van der Waals surface area contributed by atoms with Gasteiger partial charge in [-0.1, -0.05) is 35.4 Å². The number of rotatable bonds is 6. The fourth-order valence-electron chi connectivity index (χ4n) is 3.06. The number of hydrogen-bond donors (Lipinski definition) is 2. The van der Waals surface area contributed by atoms with E-state index in [1.54, 1.807) is 30.3 Å². The molecule has 0 radical (unpaired) electrons. The lowest BCUT2D eigenvalue weighted by Gasteiger charge is -2.16. The first kappa shape index (κ1) is 21.7. The van der Waals surface area contributed by atoms with Crippen molar-refractivity contribution >= 4 is 42.5 Å². The third-order valence-corrected chi connectivity index (χ3v) is 7.53. The normalized spacial score (nSPS) is 11.9. The molecule has 2 N–H and O–H groups in total. The molecule has 0 saturated carbocycles. The maximum Gasteiger partial charge on any atom is 0.262 e. The van der Waals surface area contributed by atoms with Crippen LogP contribution < -0.4 is 9.44 Å². The van der Waals surface area contributed by atoms with Crippen molar-refractivity contribution in [1.29, 1.82) is 0 Å². The molecular weight excluding hydrogens is 448 g/mol. The number of anilines is 2. The fourth-order valence-corrected chi connectivity index (χ4v) is 5.22. The Bertz CT molecular complexity index is 1500. The van der Waals surface area contributed by atoms with E-state index in [1.807, 2.05) is 13.8 Å². The first-order chi connectivity index (χ1) is 15.2. The summed E-state index contributed by atoms with van der Waals surface area (Å²) in [6.07, 6.45) is 2.88. The molecule has 4 aromatic rings. The molecule has 4 rings (SSSR count). The van der Waals surface area contributed by atoms with Crippen LogP contribution in [0.3, 0.4) is 0 Å². The number of benzene rings is 3. The minimum absolute atomic E-state index is 0.00754. The molecule has 32 heavy (non-hydrogen) atoms. The van der Waals surface area contributed by atoms with E-state index in [9.17, 15) is 16.8 Å². The van der Waals surface area contributed by atoms with Gasteiger partial charge < -0.3 is 0 Å². The van der Waals surface area contributed by atoms with Crippen molar-refractivity contribution in [2.45, 2.75) is 23.6 Å². The first-order valence-corrected chi connectivity index (χ1v) is 12.5. The van der Waals surface area contributed by atoms with Crippen molar-refractivity contribution in [2.24, 2.45) is 0 Å². The summed E-state index contributed by atoms with van der Waals surface area (Å²) in [6.45, 7) is 3.70. The number of nitrogens with one attached hydrogen (secondary N) is 2. The lowest BCUT2D eigenvalue weighted by Crippen LogP contribution is -2.18. The smallest absolute Gasteiger partial charge is 0.262 e. The van der Waals surface area contributed by atoms with Gasteiger partial charge in [-0.3, -0.25) is 19.4 Å². The average Bonchev–Trinajstić information content (AvgIpc) is 2.76. The average molecular weight is 469 g/mol. The Hall–Kier alpha value is -3.50. The molecule has 0 saturated heterocycles. The van der Waals surface area contributed by atoms with Crippen molar-refractivity contribution in [3.8, 4) is 0 Å². The van der Waals surface area contributed by atoms with Crippen LogP contribution in [-0.2, 0) is 20.0 Å². The Balaban J connectivity index is 1.81. The zero-order chi connectivity index (χ0) is 22.9. The van der Waals surface area contributed by atoms with Crippen LogP contribution in [0.1, 0.15) is 11.1 Å². The van der Waals surface area contributed by atoms with Gasteiger partial charge in [-0.15, -0.1) is 0 Å². The number of aromatic nitrogens is 2.